The number of ether oxygens (including phenoxy) is 1. The van der Waals surface area contributed by atoms with Gasteiger partial charge in [0.15, 0.2) is 0 Å². The highest BCUT2D eigenvalue weighted by Crippen LogP contribution is 2.43. The molecular weight excluding hydrogens is 976 g/mol. The average molecular weight is 1100 g/mol. The fourth-order valence-corrected chi connectivity index (χ4v) is 10.1. The first kappa shape index (κ1) is 74.7. The van der Waals surface area contributed by atoms with Crippen molar-refractivity contribution in [1.29, 1.82) is 0 Å². The lowest BCUT2D eigenvalue weighted by molar-refractivity contribution is -0.870. The molecule has 0 saturated heterocycles. The maximum Gasteiger partial charge on any atom is 0.472 e. The average Bonchev–Trinajstić information content (AvgIpc) is 3.39. The van der Waals surface area contributed by atoms with Gasteiger partial charge < -0.3 is 19.4 Å². The van der Waals surface area contributed by atoms with Crippen LogP contribution in [0.1, 0.15) is 303 Å². The molecule has 1 amide bonds. The number of phosphoric ester groups is 1. The van der Waals surface area contributed by atoms with E-state index in [1.54, 1.807) is 0 Å². The van der Waals surface area contributed by atoms with E-state index in [9.17, 15) is 19.0 Å². The molecule has 0 bridgehead atoms. The molecule has 0 aromatic heterocycles. The minimum atomic E-state index is -4.46. The van der Waals surface area contributed by atoms with Gasteiger partial charge in [0.2, 0.25) is 5.91 Å². The number of rotatable bonds is 59. The van der Waals surface area contributed by atoms with E-state index in [1.165, 1.54) is 199 Å². The minimum absolute atomic E-state index is 0.0321. The van der Waals surface area contributed by atoms with Gasteiger partial charge in [-0.2, -0.15) is 0 Å². The Kier molecular flexibility index (Phi) is 55.3. The van der Waals surface area contributed by atoms with Crippen LogP contribution < -0.4 is 5.32 Å². The van der Waals surface area contributed by atoms with Crippen LogP contribution in [0, 0.1) is 0 Å². The van der Waals surface area contributed by atoms with Gasteiger partial charge in [-0.05, 0) is 70.3 Å². The van der Waals surface area contributed by atoms with Crippen molar-refractivity contribution in [1.82, 2.24) is 5.32 Å². The number of esters is 1. The summed E-state index contributed by atoms with van der Waals surface area (Å²) in [5.74, 6) is -0.561. The lowest BCUT2D eigenvalue weighted by Crippen LogP contribution is -2.47. The fourth-order valence-electron chi connectivity index (χ4n) is 9.41. The summed E-state index contributed by atoms with van der Waals surface area (Å²) in [6, 6.07) is -0.869. The van der Waals surface area contributed by atoms with Gasteiger partial charge in [-0.25, -0.2) is 4.57 Å². The van der Waals surface area contributed by atoms with Crippen LogP contribution in [0.3, 0.4) is 0 Å². The van der Waals surface area contributed by atoms with Crippen LogP contribution in [0.25, 0.3) is 0 Å². The van der Waals surface area contributed by atoms with Crippen LogP contribution in [-0.4, -0.2) is 74.3 Å². The highest BCUT2D eigenvalue weighted by atomic mass is 31.2. The second-order valence-corrected chi connectivity index (χ2v) is 24.7. The maximum atomic E-state index is 13.6. The molecule has 2 N–H and O–H groups in total. The van der Waals surface area contributed by atoms with Gasteiger partial charge in [-0.3, -0.25) is 18.6 Å². The number of phosphoric acid groups is 1. The molecule has 0 aromatic carbocycles. The van der Waals surface area contributed by atoms with E-state index in [4.69, 9.17) is 13.8 Å². The summed E-state index contributed by atoms with van der Waals surface area (Å²) in [6.45, 7) is 6.97. The van der Waals surface area contributed by atoms with E-state index in [1.807, 2.05) is 33.3 Å². The van der Waals surface area contributed by atoms with Crippen LogP contribution in [-0.2, 0) is 27.9 Å². The summed E-state index contributed by atoms with van der Waals surface area (Å²) in [5.41, 5.74) is 0. The van der Waals surface area contributed by atoms with Crippen LogP contribution in [0.15, 0.2) is 60.8 Å². The number of nitrogens with one attached hydrogen (secondary N) is 1. The van der Waals surface area contributed by atoms with Gasteiger partial charge in [0.25, 0.3) is 0 Å². The van der Waals surface area contributed by atoms with Crippen LogP contribution in [0.4, 0.5) is 0 Å². The first-order chi connectivity index (χ1) is 37.4. The zero-order valence-corrected chi connectivity index (χ0v) is 52.3. The van der Waals surface area contributed by atoms with Crippen LogP contribution in [0.5, 0.6) is 0 Å². The molecule has 0 aliphatic heterocycles. The van der Waals surface area contributed by atoms with E-state index >= 15 is 0 Å². The van der Waals surface area contributed by atoms with Crippen molar-refractivity contribution in [2.75, 3.05) is 40.9 Å². The van der Waals surface area contributed by atoms with Crippen LogP contribution >= 0.6 is 7.82 Å². The van der Waals surface area contributed by atoms with Gasteiger partial charge in [0, 0.05) is 12.8 Å². The first-order valence-corrected chi connectivity index (χ1v) is 34.1. The number of carbonyl (C=O) groups is 2. The number of carbonyl (C=O) groups excluding carboxylic acids is 2. The van der Waals surface area contributed by atoms with E-state index in [0.29, 0.717) is 23.9 Å². The van der Waals surface area contributed by atoms with Crippen molar-refractivity contribution in [2.24, 2.45) is 0 Å². The second kappa shape index (κ2) is 57.0. The van der Waals surface area contributed by atoms with Gasteiger partial charge in [0.05, 0.1) is 33.8 Å². The van der Waals surface area contributed by atoms with Crippen LogP contribution in [0.2, 0.25) is 0 Å². The standard InChI is InChI=1S/C67H125N2O7P/c1-7-10-13-16-19-22-25-27-29-31-32-33-34-35-36-38-39-41-44-47-50-53-56-59-66(70)68-64(63-75-77(72,73)74-62-61-69(4,5)6)65(58-55-52-49-46-43-24-21-18-15-12-9-3)76-67(71)60-57-54-51-48-45-42-40-37-30-28-26-23-20-17-14-11-8-2/h20,23,28,30,40,42,48,51,55,58,64-65H,7-19,21-22,24-27,29,31-39,41,43-47,49-50,52-54,56-57,59-63H2,1-6H3,(H-,68,70,72,73)/p+1/b23-20-,30-28-,42-40-,51-48-,58-55+. The fraction of sp³-hybridized carbons (Fsp3) is 0.821. The third kappa shape index (κ3) is 58.2. The molecule has 10 heteroatoms. The van der Waals surface area contributed by atoms with Gasteiger partial charge >= 0.3 is 13.8 Å². The Morgan fingerprint density at radius 1 is 0.455 bits per heavy atom. The first-order valence-electron chi connectivity index (χ1n) is 32.6. The Labute approximate surface area is 477 Å². The summed E-state index contributed by atoms with van der Waals surface area (Å²) in [4.78, 5) is 37.7. The predicted octanol–water partition coefficient (Wildman–Crippen LogP) is 20.2. The van der Waals surface area contributed by atoms with Gasteiger partial charge in [0.1, 0.15) is 19.3 Å². The van der Waals surface area contributed by atoms with Gasteiger partial charge in [-0.1, -0.05) is 281 Å². The van der Waals surface area contributed by atoms with Crippen molar-refractivity contribution in [3.63, 3.8) is 0 Å². The molecule has 9 nitrogen and oxygen atoms in total. The third-order valence-corrected chi connectivity index (χ3v) is 15.4. The summed E-state index contributed by atoms with van der Waals surface area (Å²) < 4.78 is 30.7. The zero-order valence-electron chi connectivity index (χ0n) is 51.5. The Balaban J connectivity index is 5.16. The number of quaternary nitrogens is 1. The number of likely N-dealkylation sites (N-methyl/N-ethyl adjacent to an activating group) is 1. The number of hydrogen-bond acceptors (Lipinski definition) is 6. The topological polar surface area (TPSA) is 111 Å². The maximum absolute atomic E-state index is 13.6. The van der Waals surface area contributed by atoms with E-state index in [0.717, 1.165) is 64.2 Å². The monoisotopic (exact) mass is 1100 g/mol. The molecule has 77 heavy (non-hydrogen) atoms. The number of allylic oxidation sites excluding steroid dienone is 9. The van der Waals surface area contributed by atoms with Crippen molar-refractivity contribution in [3.05, 3.63) is 60.8 Å². The van der Waals surface area contributed by atoms with E-state index < -0.39 is 20.0 Å². The molecular formula is C67H126N2O7P+. The molecule has 0 heterocycles. The number of amides is 1. The molecule has 3 atom stereocenters. The van der Waals surface area contributed by atoms with Gasteiger partial charge in [-0.15, -0.1) is 0 Å². The molecule has 0 spiro atoms. The molecule has 0 aliphatic rings. The molecule has 450 valence electrons. The summed E-state index contributed by atoms with van der Waals surface area (Å²) in [6.07, 6.45) is 72.4. The molecule has 0 rings (SSSR count). The highest BCUT2D eigenvalue weighted by Gasteiger charge is 2.30. The summed E-state index contributed by atoms with van der Waals surface area (Å²) >= 11 is 0. The SMILES string of the molecule is CCCCC/C=C\C/C=C\C/C=C\C/C=C\CCCC(=O)OC(/C=C/CCCCCCCCCCC)C(COP(=O)(O)OCC[N+](C)(C)C)NC(=O)CCCCCCCCCCCCCCCCCCCCCCCCC. The Bertz CT molecular complexity index is 1500. The Hall–Kier alpha value is -2.29. The molecule has 0 fully saturated rings. The molecule has 0 saturated carbocycles. The highest BCUT2D eigenvalue weighted by molar-refractivity contribution is 7.47. The second-order valence-electron chi connectivity index (χ2n) is 23.3. The number of hydrogen-bond donors (Lipinski definition) is 2. The van der Waals surface area contributed by atoms with Crippen molar-refractivity contribution >= 4 is 19.7 Å². The van der Waals surface area contributed by atoms with Crippen molar-refractivity contribution in [3.8, 4) is 0 Å². The number of nitrogens with zero attached hydrogens (tertiary/aromatic N) is 1. The molecule has 3 unspecified atom stereocenters. The Morgan fingerprint density at radius 3 is 1.23 bits per heavy atom. The van der Waals surface area contributed by atoms with Crippen molar-refractivity contribution < 1.29 is 37.3 Å². The predicted molar refractivity (Wildman–Crippen MR) is 332 cm³/mol. The van der Waals surface area contributed by atoms with E-state index in [-0.39, 0.29) is 31.5 Å². The summed E-state index contributed by atoms with van der Waals surface area (Å²) in [5, 5.41) is 3.05. The largest absolute Gasteiger partial charge is 0.472 e. The minimum Gasteiger partial charge on any atom is -0.456 e. The lowest BCUT2D eigenvalue weighted by atomic mass is 10.0. The zero-order chi connectivity index (χ0) is 56.4. The lowest BCUT2D eigenvalue weighted by Gasteiger charge is -2.27. The molecule has 0 aromatic rings. The molecule has 0 radical (unpaired) electrons. The quantitative estimate of drug-likeness (QED) is 0.0205. The van der Waals surface area contributed by atoms with Crippen molar-refractivity contribution in [2.45, 2.75) is 315 Å². The summed E-state index contributed by atoms with van der Waals surface area (Å²) in [7, 11) is 1.47. The molecule has 0 aliphatic carbocycles. The third-order valence-electron chi connectivity index (χ3n) is 14.5. The smallest absolute Gasteiger partial charge is 0.456 e. The number of unbranched alkanes of at least 4 members (excludes halogenated alkanes) is 35. The normalized spacial score (nSPS) is 14.0. The Morgan fingerprint density at radius 2 is 0.805 bits per heavy atom. The van der Waals surface area contributed by atoms with E-state index in [2.05, 4.69) is 74.7 Å².